The largest absolute Gasteiger partial charge is 0.465 e. The molecule has 2 heteroatoms. The lowest BCUT2D eigenvalue weighted by atomic mass is 9.77. The van der Waals surface area contributed by atoms with E-state index in [0.29, 0.717) is 6.61 Å². The van der Waals surface area contributed by atoms with Crippen LogP contribution in [-0.4, -0.2) is 12.6 Å². The molecule has 0 spiro atoms. The Balaban J connectivity index is 2.33. The van der Waals surface area contributed by atoms with E-state index in [4.69, 9.17) is 4.74 Å². The van der Waals surface area contributed by atoms with Crippen LogP contribution in [0.15, 0.2) is 30.3 Å². The molecule has 1 aromatic carbocycles. The van der Waals surface area contributed by atoms with Gasteiger partial charge < -0.3 is 4.74 Å². The standard InChI is InChI=1S/C12H14O2/c1-12(2)10(8-14-11(12)13)9-6-4-3-5-7-9/h3-7,10H,8H2,1-2H3. The van der Waals surface area contributed by atoms with E-state index in [2.05, 4.69) is 0 Å². The first-order valence-corrected chi connectivity index (χ1v) is 4.84. The minimum atomic E-state index is -0.388. The van der Waals surface area contributed by atoms with E-state index in [9.17, 15) is 4.79 Å². The first-order chi connectivity index (χ1) is 6.62. The van der Waals surface area contributed by atoms with Crippen molar-refractivity contribution in [1.29, 1.82) is 0 Å². The summed E-state index contributed by atoms with van der Waals surface area (Å²) in [5, 5.41) is 0. The molecule has 0 N–H and O–H groups in total. The Morgan fingerprint density at radius 2 is 1.93 bits per heavy atom. The van der Waals surface area contributed by atoms with Crippen molar-refractivity contribution in [3.63, 3.8) is 0 Å². The van der Waals surface area contributed by atoms with Gasteiger partial charge in [0.25, 0.3) is 0 Å². The lowest BCUT2D eigenvalue weighted by Crippen LogP contribution is -2.24. The Morgan fingerprint density at radius 3 is 2.43 bits per heavy atom. The fourth-order valence-corrected chi connectivity index (χ4v) is 1.89. The molecule has 1 atom stereocenters. The predicted molar refractivity (Wildman–Crippen MR) is 53.9 cm³/mol. The first kappa shape index (κ1) is 9.25. The molecule has 1 aromatic rings. The van der Waals surface area contributed by atoms with Crippen LogP contribution in [0.3, 0.4) is 0 Å². The van der Waals surface area contributed by atoms with Crippen LogP contribution in [0.5, 0.6) is 0 Å². The molecule has 2 rings (SSSR count). The number of carbonyl (C=O) groups excluding carboxylic acids is 1. The van der Waals surface area contributed by atoms with Crippen LogP contribution in [0, 0.1) is 5.41 Å². The van der Waals surface area contributed by atoms with Crippen molar-refractivity contribution >= 4 is 5.97 Å². The van der Waals surface area contributed by atoms with Gasteiger partial charge in [-0.05, 0) is 19.4 Å². The maximum Gasteiger partial charge on any atom is 0.312 e. The summed E-state index contributed by atoms with van der Waals surface area (Å²) in [6.45, 7) is 4.40. The highest BCUT2D eigenvalue weighted by Crippen LogP contribution is 2.41. The second-order valence-electron chi connectivity index (χ2n) is 4.28. The molecule has 0 bridgehead atoms. The van der Waals surface area contributed by atoms with Crippen molar-refractivity contribution in [1.82, 2.24) is 0 Å². The summed E-state index contributed by atoms with van der Waals surface area (Å²) >= 11 is 0. The molecular formula is C12H14O2. The van der Waals surface area contributed by atoms with E-state index in [-0.39, 0.29) is 17.3 Å². The molecule has 1 saturated heterocycles. The van der Waals surface area contributed by atoms with Gasteiger partial charge in [0.15, 0.2) is 0 Å². The molecule has 74 valence electrons. The van der Waals surface area contributed by atoms with Crippen LogP contribution >= 0.6 is 0 Å². The molecule has 0 amide bonds. The number of hydrogen-bond donors (Lipinski definition) is 0. The molecule has 0 radical (unpaired) electrons. The Kier molecular flexibility index (Phi) is 2.06. The maximum absolute atomic E-state index is 11.5. The van der Waals surface area contributed by atoms with Crippen LogP contribution in [-0.2, 0) is 9.53 Å². The predicted octanol–water partition coefficient (Wildman–Crippen LogP) is 2.35. The van der Waals surface area contributed by atoms with E-state index in [1.165, 1.54) is 5.56 Å². The van der Waals surface area contributed by atoms with Gasteiger partial charge in [-0.1, -0.05) is 30.3 Å². The fraction of sp³-hybridized carbons (Fsp3) is 0.417. The third kappa shape index (κ3) is 1.31. The molecule has 1 unspecified atom stereocenters. The van der Waals surface area contributed by atoms with Gasteiger partial charge >= 0.3 is 5.97 Å². The topological polar surface area (TPSA) is 26.3 Å². The molecule has 1 aliphatic rings. The van der Waals surface area contributed by atoms with Gasteiger partial charge in [0.1, 0.15) is 0 Å². The monoisotopic (exact) mass is 190 g/mol. The normalized spacial score (nSPS) is 24.7. The van der Waals surface area contributed by atoms with Crippen molar-refractivity contribution in [2.75, 3.05) is 6.61 Å². The van der Waals surface area contributed by atoms with Gasteiger partial charge in [-0.2, -0.15) is 0 Å². The summed E-state index contributed by atoms with van der Waals surface area (Å²) in [5.41, 5.74) is 0.796. The molecule has 1 aliphatic heterocycles. The third-order valence-electron chi connectivity index (χ3n) is 2.98. The number of carbonyl (C=O) groups is 1. The van der Waals surface area contributed by atoms with Gasteiger partial charge in [0.2, 0.25) is 0 Å². The summed E-state index contributed by atoms with van der Waals surface area (Å²) < 4.78 is 5.10. The molecule has 1 heterocycles. The number of ether oxygens (including phenoxy) is 1. The number of esters is 1. The number of benzene rings is 1. The second kappa shape index (κ2) is 3.12. The van der Waals surface area contributed by atoms with Gasteiger partial charge in [-0.25, -0.2) is 0 Å². The zero-order valence-corrected chi connectivity index (χ0v) is 8.49. The molecule has 2 nitrogen and oxygen atoms in total. The smallest absolute Gasteiger partial charge is 0.312 e. The van der Waals surface area contributed by atoms with Gasteiger partial charge in [-0.15, -0.1) is 0 Å². The Morgan fingerprint density at radius 1 is 1.29 bits per heavy atom. The van der Waals surface area contributed by atoms with Crippen LogP contribution in [0.1, 0.15) is 25.3 Å². The molecular weight excluding hydrogens is 176 g/mol. The SMILES string of the molecule is CC1(C)C(=O)OCC1c1ccccc1. The summed E-state index contributed by atoms with van der Waals surface area (Å²) in [6, 6.07) is 10.1. The molecule has 0 aromatic heterocycles. The second-order valence-corrected chi connectivity index (χ2v) is 4.28. The van der Waals surface area contributed by atoms with E-state index in [0.717, 1.165) is 0 Å². The third-order valence-corrected chi connectivity index (χ3v) is 2.98. The highest BCUT2D eigenvalue weighted by molar-refractivity contribution is 5.79. The summed E-state index contributed by atoms with van der Waals surface area (Å²) in [4.78, 5) is 11.5. The van der Waals surface area contributed by atoms with Gasteiger partial charge in [-0.3, -0.25) is 4.79 Å². The van der Waals surface area contributed by atoms with E-state index in [1.807, 2.05) is 44.2 Å². The van der Waals surface area contributed by atoms with E-state index < -0.39 is 0 Å². The van der Waals surface area contributed by atoms with Crippen molar-refractivity contribution in [2.24, 2.45) is 5.41 Å². The minimum absolute atomic E-state index is 0.0913. The van der Waals surface area contributed by atoms with E-state index in [1.54, 1.807) is 0 Å². The van der Waals surface area contributed by atoms with Gasteiger partial charge in [0, 0.05) is 5.92 Å². The number of cyclic esters (lactones) is 1. The fourth-order valence-electron chi connectivity index (χ4n) is 1.89. The minimum Gasteiger partial charge on any atom is -0.465 e. The van der Waals surface area contributed by atoms with Crippen molar-refractivity contribution < 1.29 is 9.53 Å². The average Bonchev–Trinajstić information content (AvgIpc) is 2.44. The maximum atomic E-state index is 11.5. The molecule has 14 heavy (non-hydrogen) atoms. The molecule has 0 saturated carbocycles. The lowest BCUT2D eigenvalue weighted by molar-refractivity contribution is -0.144. The zero-order valence-electron chi connectivity index (χ0n) is 8.49. The summed E-state index contributed by atoms with van der Waals surface area (Å²) in [5.74, 6) is 0.0996. The zero-order chi connectivity index (χ0) is 10.2. The molecule has 0 aliphatic carbocycles. The Labute approximate surface area is 83.9 Å². The van der Waals surface area contributed by atoms with Crippen LogP contribution < -0.4 is 0 Å². The summed E-state index contributed by atoms with van der Waals surface area (Å²) in [6.07, 6.45) is 0. The van der Waals surface area contributed by atoms with Crippen LogP contribution in [0.2, 0.25) is 0 Å². The number of hydrogen-bond acceptors (Lipinski definition) is 2. The Hall–Kier alpha value is -1.31. The average molecular weight is 190 g/mol. The highest BCUT2D eigenvalue weighted by Gasteiger charge is 2.45. The van der Waals surface area contributed by atoms with Crippen molar-refractivity contribution in [3.8, 4) is 0 Å². The van der Waals surface area contributed by atoms with Crippen molar-refractivity contribution in [3.05, 3.63) is 35.9 Å². The van der Waals surface area contributed by atoms with Gasteiger partial charge in [0.05, 0.1) is 12.0 Å². The molecule has 1 fully saturated rings. The quantitative estimate of drug-likeness (QED) is 0.635. The van der Waals surface area contributed by atoms with Crippen molar-refractivity contribution in [2.45, 2.75) is 19.8 Å². The Bertz CT molecular complexity index is 341. The van der Waals surface area contributed by atoms with Crippen LogP contribution in [0.4, 0.5) is 0 Å². The first-order valence-electron chi connectivity index (χ1n) is 4.84. The summed E-state index contributed by atoms with van der Waals surface area (Å²) in [7, 11) is 0. The van der Waals surface area contributed by atoms with E-state index >= 15 is 0 Å². The highest BCUT2D eigenvalue weighted by atomic mass is 16.5. The van der Waals surface area contributed by atoms with Crippen LogP contribution in [0.25, 0.3) is 0 Å². The number of rotatable bonds is 1. The lowest BCUT2D eigenvalue weighted by Gasteiger charge is -2.21.